The molecule has 0 aromatic heterocycles. The molecular weight excluding hydrogens is 142 g/mol. The lowest BCUT2D eigenvalue weighted by atomic mass is 9.80. The second kappa shape index (κ2) is 2.81. The Hall–Kier alpha value is -0.570. The molecule has 0 saturated carbocycles. The SMILES string of the molecule is CC(C)C1NC(=O)C1C(C)O. The molecule has 11 heavy (non-hydrogen) atoms. The third-order valence-electron chi connectivity index (χ3n) is 2.24. The molecule has 1 rings (SSSR count). The summed E-state index contributed by atoms with van der Waals surface area (Å²) in [5.41, 5.74) is 0. The molecule has 0 aromatic rings. The van der Waals surface area contributed by atoms with Gasteiger partial charge < -0.3 is 10.4 Å². The quantitative estimate of drug-likeness (QED) is 0.560. The van der Waals surface area contributed by atoms with Crippen molar-refractivity contribution in [2.24, 2.45) is 11.8 Å². The van der Waals surface area contributed by atoms with E-state index >= 15 is 0 Å². The van der Waals surface area contributed by atoms with Crippen LogP contribution < -0.4 is 5.32 Å². The smallest absolute Gasteiger partial charge is 0.228 e. The maximum atomic E-state index is 10.9. The molecule has 3 nitrogen and oxygen atoms in total. The van der Waals surface area contributed by atoms with Crippen LogP contribution in [-0.4, -0.2) is 23.2 Å². The van der Waals surface area contributed by atoms with E-state index in [0.717, 1.165) is 0 Å². The Morgan fingerprint density at radius 3 is 2.18 bits per heavy atom. The number of carbonyl (C=O) groups is 1. The summed E-state index contributed by atoms with van der Waals surface area (Å²) < 4.78 is 0. The average Bonchev–Trinajstić information content (AvgIpc) is 1.80. The highest BCUT2D eigenvalue weighted by Gasteiger charge is 2.43. The number of aliphatic hydroxyl groups is 1. The molecule has 3 heteroatoms. The van der Waals surface area contributed by atoms with Gasteiger partial charge in [0.15, 0.2) is 0 Å². The number of hydrogen-bond acceptors (Lipinski definition) is 2. The molecule has 1 fully saturated rings. The summed E-state index contributed by atoms with van der Waals surface area (Å²) in [5, 5.41) is 12.0. The van der Waals surface area contributed by atoms with Crippen molar-refractivity contribution in [2.75, 3.05) is 0 Å². The first-order valence-electron chi connectivity index (χ1n) is 4.02. The van der Waals surface area contributed by atoms with E-state index in [1.807, 2.05) is 13.8 Å². The Balaban J connectivity index is 2.55. The fourth-order valence-electron chi connectivity index (χ4n) is 1.52. The molecule has 64 valence electrons. The lowest BCUT2D eigenvalue weighted by Crippen LogP contribution is -2.63. The summed E-state index contributed by atoms with van der Waals surface area (Å²) in [6, 6.07) is 0.169. The molecule has 1 aliphatic rings. The molecule has 1 aliphatic heterocycles. The fourth-order valence-corrected chi connectivity index (χ4v) is 1.52. The minimum absolute atomic E-state index is 0.0151. The zero-order chi connectivity index (χ0) is 8.59. The Morgan fingerprint density at radius 2 is 2.00 bits per heavy atom. The second-order valence-corrected chi connectivity index (χ2v) is 3.54. The van der Waals surface area contributed by atoms with Crippen LogP contribution in [0.25, 0.3) is 0 Å². The Morgan fingerprint density at radius 1 is 1.45 bits per heavy atom. The van der Waals surface area contributed by atoms with Crippen molar-refractivity contribution in [3.8, 4) is 0 Å². The third-order valence-corrected chi connectivity index (χ3v) is 2.24. The molecule has 0 bridgehead atoms. The largest absolute Gasteiger partial charge is 0.393 e. The van der Waals surface area contributed by atoms with E-state index in [1.54, 1.807) is 6.92 Å². The topological polar surface area (TPSA) is 49.3 Å². The summed E-state index contributed by atoms with van der Waals surface area (Å²) in [6.07, 6.45) is -0.517. The van der Waals surface area contributed by atoms with Gasteiger partial charge in [-0.1, -0.05) is 13.8 Å². The van der Waals surface area contributed by atoms with Gasteiger partial charge in [-0.3, -0.25) is 4.79 Å². The van der Waals surface area contributed by atoms with Crippen molar-refractivity contribution in [3.05, 3.63) is 0 Å². The van der Waals surface area contributed by atoms with E-state index in [9.17, 15) is 9.90 Å². The Kier molecular flexibility index (Phi) is 2.18. The molecular formula is C8H15NO2. The number of hydrogen-bond donors (Lipinski definition) is 2. The summed E-state index contributed by atoms with van der Waals surface area (Å²) >= 11 is 0. The van der Waals surface area contributed by atoms with E-state index < -0.39 is 6.10 Å². The molecule has 3 atom stereocenters. The first kappa shape index (κ1) is 8.53. The summed E-state index contributed by atoms with van der Waals surface area (Å²) in [5.74, 6) is 0.209. The first-order chi connectivity index (χ1) is 5.04. The summed E-state index contributed by atoms with van der Waals surface area (Å²) in [6.45, 7) is 5.75. The van der Waals surface area contributed by atoms with Crippen molar-refractivity contribution >= 4 is 5.91 Å². The Labute approximate surface area is 66.8 Å². The van der Waals surface area contributed by atoms with Crippen molar-refractivity contribution in [1.29, 1.82) is 0 Å². The molecule has 0 aliphatic carbocycles. The van der Waals surface area contributed by atoms with Crippen molar-refractivity contribution in [2.45, 2.75) is 32.9 Å². The molecule has 0 aromatic carbocycles. The predicted octanol–water partition coefficient (Wildman–Crippen LogP) is 0.138. The van der Waals surface area contributed by atoms with Gasteiger partial charge in [0.25, 0.3) is 0 Å². The van der Waals surface area contributed by atoms with Crippen LogP contribution in [0.3, 0.4) is 0 Å². The first-order valence-corrected chi connectivity index (χ1v) is 4.02. The van der Waals surface area contributed by atoms with Gasteiger partial charge in [-0.05, 0) is 12.8 Å². The minimum Gasteiger partial charge on any atom is -0.393 e. The van der Waals surface area contributed by atoms with Crippen LogP contribution >= 0.6 is 0 Å². The number of rotatable bonds is 2. The van der Waals surface area contributed by atoms with Gasteiger partial charge in [-0.15, -0.1) is 0 Å². The number of carbonyl (C=O) groups excluding carboxylic acids is 1. The van der Waals surface area contributed by atoms with E-state index in [4.69, 9.17) is 0 Å². The van der Waals surface area contributed by atoms with Crippen LogP contribution in [0.5, 0.6) is 0 Å². The van der Waals surface area contributed by atoms with Gasteiger partial charge in [0, 0.05) is 6.04 Å². The van der Waals surface area contributed by atoms with Crippen LogP contribution in [0.1, 0.15) is 20.8 Å². The highest BCUT2D eigenvalue weighted by Crippen LogP contribution is 2.24. The van der Waals surface area contributed by atoms with Gasteiger partial charge >= 0.3 is 0 Å². The van der Waals surface area contributed by atoms with E-state index in [1.165, 1.54) is 0 Å². The van der Waals surface area contributed by atoms with Gasteiger partial charge in [0.1, 0.15) is 0 Å². The zero-order valence-electron chi connectivity index (χ0n) is 7.16. The monoisotopic (exact) mass is 157 g/mol. The highest BCUT2D eigenvalue weighted by atomic mass is 16.3. The number of β-lactam (4-membered cyclic amide) rings is 1. The molecule has 0 radical (unpaired) electrons. The fraction of sp³-hybridized carbons (Fsp3) is 0.875. The van der Waals surface area contributed by atoms with E-state index in [-0.39, 0.29) is 17.9 Å². The maximum Gasteiger partial charge on any atom is 0.228 e. The van der Waals surface area contributed by atoms with Crippen LogP contribution in [-0.2, 0) is 4.79 Å². The van der Waals surface area contributed by atoms with Gasteiger partial charge in [-0.25, -0.2) is 0 Å². The highest BCUT2D eigenvalue weighted by molar-refractivity contribution is 5.86. The lowest BCUT2D eigenvalue weighted by molar-refractivity contribution is -0.142. The molecule has 1 heterocycles. The van der Waals surface area contributed by atoms with Gasteiger partial charge in [0.2, 0.25) is 5.91 Å². The number of amides is 1. The normalized spacial score (nSPS) is 33.0. The Bertz CT molecular complexity index is 165. The molecule has 1 amide bonds. The minimum atomic E-state index is -0.517. The molecule has 3 unspecified atom stereocenters. The van der Waals surface area contributed by atoms with Crippen LogP contribution in [0.4, 0.5) is 0 Å². The second-order valence-electron chi connectivity index (χ2n) is 3.54. The van der Waals surface area contributed by atoms with Gasteiger partial charge in [-0.2, -0.15) is 0 Å². The van der Waals surface area contributed by atoms with E-state index in [0.29, 0.717) is 5.92 Å². The van der Waals surface area contributed by atoms with E-state index in [2.05, 4.69) is 5.32 Å². The molecule has 0 spiro atoms. The van der Waals surface area contributed by atoms with Crippen molar-refractivity contribution in [1.82, 2.24) is 5.32 Å². The third kappa shape index (κ3) is 1.38. The molecule has 2 N–H and O–H groups in total. The number of aliphatic hydroxyl groups excluding tert-OH is 1. The maximum absolute atomic E-state index is 10.9. The summed E-state index contributed by atoms with van der Waals surface area (Å²) in [7, 11) is 0. The van der Waals surface area contributed by atoms with Gasteiger partial charge in [0.05, 0.1) is 12.0 Å². The lowest BCUT2D eigenvalue weighted by Gasteiger charge is -2.41. The summed E-state index contributed by atoms with van der Waals surface area (Å²) in [4.78, 5) is 10.9. The standard InChI is InChI=1S/C8H15NO2/c1-4(2)7-6(5(3)10)8(11)9-7/h4-7,10H,1-3H3,(H,9,11). The van der Waals surface area contributed by atoms with Crippen LogP contribution in [0.2, 0.25) is 0 Å². The van der Waals surface area contributed by atoms with Crippen LogP contribution in [0.15, 0.2) is 0 Å². The van der Waals surface area contributed by atoms with Crippen LogP contribution in [0, 0.1) is 11.8 Å². The predicted molar refractivity (Wildman–Crippen MR) is 41.9 cm³/mol. The zero-order valence-corrected chi connectivity index (χ0v) is 7.16. The van der Waals surface area contributed by atoms with Crippen molar-refractivity contribution < 1.29 is 9.90 Å². The number of nitrogens with one attached hydrogen (secondary N) is 1. The average molecular weight is 157 g/mol. The molecule has 1 saturated heterocycles. The van der Waals surface area contributed by atoms with Crippen molar-refractivity contribution in [3.63, 3.8) is 0 Å².